The molecule has 0 aliphatic heterocycles. The lowest BCUT2D eigenvalue weighted by Crippen LogP contribution is -2.12. The molecular formula is C12H13FN2. The SMILES string of the molecule is CN(C)c1ccc(C2(C#N)CC2)cc1F. The van der Waals surface area contributed by atoms with E-state index in [0.29, 0.717) is 5.69 Å². The minimum absolute atomic E-state index is 0.251. The van der Waals surface area contributed by atoms with Gasteiger partial charge in [0.05, 0.1) is 17.2 Å². The second kappa shape index (κ2) is 3.23. The van der Waals surface area contributed by atoms with Gasteiger partial charge in [-0.05, 0) is 30.5 Å². The van der Waals surface area contributed by atoms with E-state index in [1.54, 1.807) is 25.1 Å². The van der Waals surface area contributed by atoms with Crippen LogP contribution in [0.15, 0.2) is 18.2 Å². The van der Waals surface area contributed by atoms with Crippen LogP contribution in [-0.2, 0) is 5.41 Å². The third kappa shape index (κ3) is 1.56. The molecule has 0 bridgehead atoms. The van der Waals surface area contributed by atoms with Crippen LogP contribution in [0.5, 0.6) is 0 Å². The quantitative estimate of drug-likeness (QED) is 0.739. The molecule has 0 heterocycles. The molecule has 1 aromatic carbocycles. The number of nitrogens with zero attached hydrogens (tertiary/aromatic N) is 2. The van der Waals surface area contributed by atoms with Gasteiger partial charge in [-0.3, -0.25) is 0 Å². The largest absolute Gasteiger partial charge is 0.375 e. The molecular weight excluding hydrogens is 191 g/mol. The normalized spacial score (nSPS) is 16.9. The van der Waals surface area contributed by atoms with E-state index in [0.717, 1.165) is 18.4 Å². The van der Waals surface area contributed by atoms with Gasteiger partial charge < -0.3 is 4.90 Å². The van der Waals surface area contributed by atoms with Gasteiger partial charge in [0.1, 0.15) is 5.82 Å². The molecule has 0 atom stereocenters. The molecule has 2 rings (SSSR count). The molecule has 0 radical (unpaired) electrons. The lowest BCUT2D eigenvalue weighted by molar-refractivity contribution is 0.622. The molecule has 0 N–H and O–H groups in total. The van der Waals surface area contributed by atoms with Gasteiger partial charge in [-0.2, -0.15) is 5.26 Å². The summed E-state index contributed by atoms with van der Waals surface area (Å²) >= 11 is 0. The van der Waals surface area contributed by atoms with Crippen LogP contribution in [-0.4, -0.2) is 14.1 Å². The molecule has 0 unspecified atom stereocenters. The molecule has 78 valence electrons. The minimum atomic E-state index is -0.397. The van der Waals surface area contributed by atoms with Crippen LogP contribution in [0.25, 0.3) is 0 Å². The Bertz CT molecular complexity index is 428. The number of hydrogen-bond acceptors (Lipinski definition) is 2. The molecule has 1 aromatic rings. The first kappa shape index (κ1) is 9.97. The lowest BCUT2D eigenvalue weighted by Gasteiger charge is -2.15. The summed E-state index contributed by atoms with van der Waals surface area (Å²) in [6, 6.07) is 7.35. The highest BCUT2D eigenvalue weighted by Crippen LogP contribution is 2.48. The monoisotopic (exact) mass is 204 g/mol. The Balaban J connectivity index is 2.39. The molecule has 0 aromatic heterocycles. The smallest absolute Gasteiger partial charge is 0.146 e. The summed E-state index contributed by atoms with van der Waals surface area (Å²) in [5, 5.41) is 9.00. The number of hydrogen-bond donors (Lipinski definition) is 0. The average Bonchev–Trinajstić information content (AvgIpc) is 2.97. The van der Waals surface area contributed by atoms with E-state index in [1.165, 1.54) is 6.07 Å². The maximum atomic E-state index is 13.6. The number of halogens is 1. The third-order valence-electron chi connectivity index (χ3n) is 2.95. The summed E-state index contributed by atoms with van der Waals surface area (Å²) in [4.78, 5) is 1.73. The molecule has 1 aliphatic rings. The Morgan fingerprint density at radius 3 is 2.47 bits per heavy atom. The zero-order valence-electron chi connectivity index (χ0n) is 8.92. The van der Waals surface area contributed by atoms with Crippen molar-refractivity contribution in [3.8, 4) is 6.07 Å². The average molecular weight is 204 g/mol. The van der Waals surface area contributed by atoms with Crippen LogP contribution < -0.4 is 4.90 Å². The van der Waals surface area contributed by atoms with Crippen molar-refractivity contribution in [2.45, 2.75) is 18.3 Å². The van der Waals surface area contributed by atoms with Crippen molar-refractivity contribution >= 4 is 5.69 Å². The summed E-state index contributed by atoms with van der Waals surface area (Å²) in [5.41, 5.74) is 0.978. The molecule has 0 spiro atoms. The fourth-order valence-corrected chi connectivity index (χ4v) is 1.76. The second-order valence-corrected chi connectivity index (χ2v) is 4.25. The van der Waals surface area contributed by atoms with E-state index in [4.69, 9.17) is 5.26 Å². The van der Waals surface area contributed by atoms with Gasteiger partial charge in [-0.15, -0.1) is 0 Å². The molecule has 2 nitrogen and oxygen atoms in total. The summed E-state index contributed by atoms with van der Waals surface area (Å²) in [7, 11) is 3.60. The molecule has 15 heavy (non-hydrogen) atoms. The topological polar surface area (TPSA) is 27.0 Å². The third-order valence-corrected chi connectivity index (χ3v) is 2.95. The van der Waals surface area contributed by atoms with Crippen LogP contribution in [0.2, 0.25) is 0 Å². The van der Waals surface area contributed by atoms with Crippen molar-refractivity contribution in [2.75, 3.05) is 19.0 Å². The number of rotatable bonds is 2. The number of anilines is 1. The standard InChI is InChI=1S/C12H13FN2/c1-15(2)11-4-3-9(7-10(11)13)12(8-14)5-6-12/h3-4,7H,5-6H2,1-2H3. The molecule has 0 amide bonds. The lowest BCUT2D eigenvalue weighted by atomic mass is 9.97. The summed E-state index contributed by atoms with van der Waals surface area (Å²) in [5.74, 6) is -0.251. The van der Waals surface area contributed by atoms with E-state index in [9.17, 15) is 4.39 Å². The predicted octanol–water partition coefficient (Wildman–Crippen LogP) is 2.45. The molecule has 3 heteroatoms. The van der Waals surface area contributed by atoms with Crippen molar-refractivity contribution in [3.05, 3.63) is 29.6 Å². The van der Waals surface area contributed by atoms with Crippen molar-refractivity contribution < 1.29 is 4.39 Å². The van der Waals surface area contributed by atoms with Gasteiger partial charge in [-0.1, -0.05) is 6.07 Å². The summed E-state index contributed by atoms with van der Waals surface area (Å²) in [6.07, 6.45) is 1.70. The highest BCUT2D eigenvalue weighted by atomic mass is 19.1. The van der Waals surface area contributed by atoms with E-state index in [-0.39, 0.29) is 5.82 Å². The first-order valence-corrected chi connectivity index (χ1v) is 4.98. The number of benzene rings is 1. The van der Waals surface area contributed by atoms with E-state index in [1.807, 2.05) is 6.07 Å². The number of nitriles is 1. The fraction of sp³-hybridized carbons (Fsp3) is 0.417. The van der Waals surface area contributed by atoms with Crippen molar-refractivity contribution in [2.24, 2.45) is 0 Å². The molecule has 1 fully saturated rings. The first-order valence-electron chi connectivity index (χ1n) is 4.98. The maximum Gasteiger partial charge on any atom is 0.146 e. The summed E-state index contributed by atoms with van der Waals surface area (Å²) in [6.45, 7) is 0. The Kier molecular flexibility index (Phi) is 2.15. The highest BCUT2D eigenvalue weighted by Gasteiger charge is 2.45. The van der Waals surface area contributed by atoms with Gasteiger partial charge in [0.15, 0.2) is 0 Å². The van der Waals surface area contributed by atoms with Crippen LogP contribution in [0, 0.1) is 17.1 Å². The maximum absolute atomic E-state index is 13.6. The predicted molar refractivity (Wildman–Crippen MR) is 57.3 cm³/mol. The van der Waals surface area contributed by atoms with Crippen molar-refractivity contribution in [1.29, 1.82) is 5.26 Å². The van der Waals surface area contributed by atoms with Crippen molar-refractivity contribution in [1.82, 2.24) is 0 Å². The first-order chi connectivity index (χ1) is 7.09. The van der Waals surface area contributed by atoms with Crippen molar-refractivity contribution in [3.63, 3.8) is 0 Å². The fourth-order valence-electron chi connectivity index (χ4n) is 1.76. The minimum Gasteiger partial charge on any atom is -0.375 e. The molecule has 1 saturated carbocycles. The van der Waals surface area contributed by atoms with Gasteiger partial charge in [0, 0.05) is 14.1 Å². The van der Waals surface area contributed by atoms with E-state index < -0.39 is 5.41 Å². The zero-order valence-corrected chi connectivity index (χ0v) is 8.92. The van der Waals surface area contributed by atoms with Gasteiger partial charge >= 0.3 is 0 Å². The zero-order chi connectivity index (χ0) is 11.1. The molecule has 1 aliphatic carbocycles. The van der Waals surface area contributed by atoms with E-state index >= 15 is 0 Å². The van der Waals surface area contributed by atoms with Gasteiger partial charge in [0.2, 0.25) is 0 Å². The summed E-state index contributed by atoms with van der Waals surface area (Å²) < 4.78 is 13.6. The van der Waals surface area contributed by atoms with E-state index in [2.05, 4.69) is 6.07 Å². The molecule has 0 saturated heterocycles. The Morgan fingerprint density at radius 1 is 1.40 bits per heavy atom. The Morgan fingerprint density at radius 2 is 2.07 bits per heavy atom. The second-order valence-electron chi connectivity index (χ2n) is 4.25. The van der Waals surface area contributed by atoms with Gasteiger partial charge in [-0.25, -0.2) is 4.39 Å². The van der Waals surface area contributed by atoms with Crippen LogP contribution in [0.3, 0.4) is 0 Å². The Hall–Kier alpha value is -1.56. The van der Waals surface area contributed by atoms with Crippen LogP contribution in [0.4, 0.5) is 10.1 Å². The van der Waals surface area contributed by atoms with Crippen LogP contribution in [0.1, 0.15) is 18.4 Å². The Labute approximate surface area is 88.9 Å². The van der Waals surface area contributed by atoms with Crippen LogP contribution >= 0.6 is 0 Å². The van der Waals surface area contributed by atoms with Gasteiger partial charge in [0.25, 0.3) is 0 Å². The highest BCUT2D eigenvalue weighted by molar-refractivity contribution is 5.51.